The molecule has 2 heterocycles. The highest BCUT2D eigenvalue weighted by atomic mass is 32.1. The Hall–Kier alpha value is -1.75. The zero-order valence-electron chi connectivity index (χ0n) is 12.1. The van der Waals surface area contributed by atoms with Crippen molar-refractivity contribution >= 4 is 22.2 Å². The molecule has 1 aromatic heterocycles. The molecule has 2 atom stereocenters. The van der Waals surface area contributed by atoms with Gasteiger partial charge in [0.05, 0.1) is 6.54 Å². The van der Waals surface area contributed by atoms with Gasteiger partial charge in [0, 0.05) is 5.69 Å². The van der Waals surface area contributed by atoms with E-state index in [-0.39, 0.29) is 11.8 Å². The standard InChI is InChI=1S/C13H14F3N5OS/c1-20-7-10(17-9-5-3-2-4-6-9)21(22,8-20)12-19-18-11(23-12)13(14,15)16/h2-6,10,17H,7-8H2,1H3. The summed E-state index contributed by atoms with van der Waals surface area (Å²) in [5.41, 5.74) is 0.728. The van der Waals surface area contributed by atoms with Crippen molar-refractivity contribution in [2.45, 2.75) is 12.3 Å². The number of benzene rings is 1. The number of halogens is 3. The lowest BCUT2D eigenvalue weighted by Crippen LogP contribution is -2.52. The molecule has 1 aromatic carbocycles. The molecule has 1 N–H and O–H groups in total. The highest BCUT2D eigenvalue weighted by Gasteiger charge is 2.45. The number of hydrogen-bond donors (Lipinski definition) is 1. The Morgan fingerprint density at radius 2 is 2.00 bits per heavy atom. The number of rotatable bonds is 3. The van der Waals surface area contributed by atoms with Gasteiger partial charge in [-0.2, -0.15) is 13.2 Å². The third-order valence-corrected chi connectivity index (χ3v) is 4.61. The van der Waals surface area contributed by atoms with Gasteiger partial charge >= 0.3 is 11.3 Å². The number of alkyl halides is 3. The average molecular weight is 345 g/mol. The number of para-hydroxylation sites is 1. The molecule has 0 aliphatic carbocycles. The predicted molar refractivity (Wildman–Crippen MR) is 81.4 cm³/mol. The Labute approximate surface area is 134 Å². The molecule has 3 rings (SSSR count). The topological polar surface area (TPSA) is 64.1 Å². The van der Waals surface area contributed by atoms with Gasteiger partial charge in [-0.3, -0.25) is 9.55 Å². The minimum absolute atomic E-state index is 0.0109. The number of quaternary nitrogens is 1. The van der Waals surface area contributed by atoms with Crippen LogP contribution in [-0.2, 0) is 6.18 Å². The number of hydroxylamine groups is 2. The van der Waals surface area contributed by atoms with Crippen LogP contribution < -0.4 is 9.96 Å². The first-order valence-corrected chi connectivity index (χ1v) is 7.61. The summed E-state index contributed by atoms with van der Waals surface area (Å²) >= 11 is 0.298. The maximum Gasteiger partial charge on any atom is 0.445 e. The van der Waals surface area contributed by atoms with Gasteiger partial charge in [-0.1, -0.05) is 23.3 Å². The van der Waals surface area contributed by atoms with Gasteiger partial charge in [-0.15, -0.1) is 5.10 Å². The van der Waals surface area contributed by atoms with Gasteiger partial charge < -0.3 is 10.5 Å². The minimum Gasteiger partial charge on any atom is -0.623 e. The smallest absolute Gasteiger partial charge is 0.445 e. The Bertz CT molecular complexity index is 680. The highest BCUT2D eigenvalue weighted by molar-refractivity contribution is 7.15. The van der Waals surface area contributed by atoms with Crippen LogP contribution in [0.4, 0.5) is 24.0 Å². The van der Waals surface area contributed by atoms with Crippen LogP contribution in [0.15, 0.2) is 30.3 Å². The lowest BCUT2D eigenvalue weighted by molar-refractivity contribution is -0.138. The number of nitrogens with one attached hydrogen (secondary N) is 1. The van der Waals surface area contributed by atoms with E-state index in [4.69, 9.17) is 0 Å². The minimum atomic E-state index is -4.59. The monoisotopic (exact) mass is 345 g/mol. The second kappa shape index (κ2) is 5.71. The fourth-order valence-corrected chi connectivity index (χ4v) is 3.29. The van der Waals surface area contributed by atoms with E-state index in [1.807, 2.05) is 18.2 Å². The summed E-state index contributed by atoms with van der Waals surface area (Å²) in [6.45, 7) is 0.399. The van der Waals surface area contributed by atoms with Crippen LogP contribution in [0.2, 0.25) is 0 Å². The van der Waals surface area contributed by atoms with Crippen molar-refractivity contribution in [2.24, 2.45) is 0 Å². The summed E-state index contributed by atoms with van der Waals surface area (Å²) in [7, 11) is 1.74. The van der Waals surface area contributed by atoms with Crippen LogP contribution in [0.3, 0.4) is 0 Å². The third-order valence-electron chi connectivity index (χ3n) is 3.53. The molecule has 0 amide bonds. The van der Waals surface area contributed by atoms with E-state index in [2.05, 4.69) is 15.5 Å². The molecule has 1 aliphatic rings. The zero-order chi connectivity index (χ0) is 16.7. The number of hydrogen-bond acceptors (Lipinski definition) is 6. The highest BCUT2D eigenvalue weighted by Crippen LogP contribution is 2.39. The number of anilines is 1. The summed E-state index contributed by atoms with van der Waals surface area (Å²) in [5.74, 6) is 0. The van der Waals surface area contributed by atoms with E-state index >= 15 is 0 Å². The van der Waals surface area contributed by atoms with Crippen LogP contribution in [0.5, 0.6) is 0 Å². The van der Waals surface area contributed by atoms with Crippen molar-refractivity contribution < 1.29 is 13.2 Å². The number of nitrogens with zero attached hydrogens (tertiary/aromatic N) is 4. The van der Waals surface area contributed by atoms with Crippen LogP contribution in [0, 0.1) is 5.21 Å². The van der Waals surface area contributed by atoms with E-state index < -0.39 is 22.0 Å². The predicted octanol–water partition coefficient (Wildman–Crippen LogP) is 2.70. The molecule has 1 saturated heterocycles. The van der Waals surface area contributed by atoms with Crippen molar-refractivity contribution in [3.8, 4) is 0 Å². The van der Waals surface area contributed by atoms with E-state index in [9.17, 15) is 18.4 Å². The molecule has 2 unspecified atom stereocenters. The molecule has 0 radical (unpaired) electrons. The fourth-order valence-electron chi connectivity index (χ4n) is 2.50. The summed E-state index contributed by atoms with van der Waals surface area (Å²) in [5, 5.41) is 21.6. The first-order valence-electron chi connectivity index (χ1n) is 6.79. The van der Waals surface area contributed by atoms with Crippen molar-refractivity contribution in [3.63, 3.8) is 0 Å². The molecule has 6 nitrogen and oxygen atoms in total. The summed E-state index contributed by atoms with van der Waals surface area (Å²) in [6.07, 6.45) is -5.25. The van der Waals surface area contributed by atoms with Crippen molar-refractivity contribution in [2.75, 3.05) is 25.6 Å². The average Bonchev–Trinajstić information content (AvgIpc) is 3.06. The van der Waals surface area contributed by atoms with Gasteiger partial charge in [0.2, 0.25) is 5.01 Å². The summed E-state index contributed by atoms with van der Waals surface area (Å²) < 4.78 is 37.1. The Kier molecular flexibility index (Phi) is 4.00. The molecule has 1 aliphatic heterocycles. The SMILES string of the molecule is CN1CC(Nc2ccccc2)[N+]([O-])(c2nnc(C(F)(F)F)s2)C1. The first kappa shape index (κ1) is 16.1. The molecule has 23 heavy (non-hydrogen) atoms. The Balaban J connectivity index is 1.89. The van der Waals surface area contributed by atoms with Crippen LogP contribution in [-0.4, -0.2) is 41.5 Å². The maximum absolute atomic E-state index is 13.2. The Morgan fingerprint density at radius 1 is 1.30 bits per heavy atom. The molecule has 2 aromatic rings. The first-order chi connectivity index (χ1) is 10.8. The van der Waals surface area contributed by atoms with Gasteiger partial charge in [0.15, 0.2) is 6.17 Å². The molecular weight excluding hydrogens is 331 g/mol. The maximum atomic E-state index is 13.2. The number of aromatic nitrogens is 2. The van der Waals surface area contributed by atoms with E-state index in [0.717, 1.165) is 5.69 Å². The van der Waals surface area contributed by atoms with Crippen LogP contribution in [0.1, 0.15) is 5.01 Å². The molecule has 10 heteroatoms. The van der Waals surface area contributed by atoms with Crippen molar-refractivity contribution in [3.05, 3.63) is 40.5 Å². The summed E-state index contributed by atoms with van der Waals surface area (Å²) in [4.78, 5) is 1.75. The zero-order valence-corrected chi connectivity index (χ0v) is 12.9. The third kappa shape index (κ3) is 3.15. The van der Waals surface area contributed by atoms with Gasteiger partial charge in [-0.25, -0.2) is 0 Å². The van der Waals surface area contributed by atoms with E-state index in [0.29, 0.717) is 17.9 Å². The molecule has 124 valence electrons. The number of likely N-dealkylation sites (N-methyl/N-ethyl adjacent to an activating group) is 1. The summed E-state index contributed by atoms with van der Waals surface area (Å²) in [6, 6.07) is 9.06. The van der Waals surface area contributed by atoms with Gasteiger partial charge in [0.1, 0.15) is 6.67 Å². The van der Waals surface area contributed by atoms with Crippen molar-refractivity contribution in [1.29, 1.82) is 0 Å². The molecule has 0 spiro atoms. The van der Waals surface area contributed by atoms with Gasteiger partial charge in [-0.05, 0) is 30.5 Å². The normalized spacial score (nSPS) is 25.7. The quantitative estimate of drug-likeness (QED) is 0.684. The largest absolute Gasteiger partial charge is 0.623 e. The molecular formula is C13H14F3N5OS. The van der Waals surface area contributed by atoms with E-state index in [1.165, 1.54) is 0 Å². The molecule has 0 saturated carbocycles. The molecule has 0 bridgehead atoms. The van der Waals surface area contributed by atoms with Crippen LogP contribution in [0.25, 0.3) is 0 Å². The lowest BCUT2D eigenvalue weighted by atomic mass is 10.3. The van der Waals surface area contributed by atoms with Gasteiger partial charge in [0.25, 0.3) is 0 Å². The fraction of sp³-hybridized carbons (Fsp3) is 0.385. The molecule has 1 fully saturated rings. The second-order valence-electron chi connectivity index (χ2n) is 5.39. The lowest BCUT2D eigenvalue weighted by Gasteiger charge is -2.39. The second-order valence-corrected chi connectivity index (χ2v) is 6.35. The Morgan fingerprint density at radius 3 is 2.61 bits per heavy atom. The van der Waals surface area contributed by atoms with Crippen molar-refractivity contribution in [1.82, 2.24) is 19.7 Å². The van der Waals surface area contributed by atoms with Crippen LogP contribution >= 0.6 is 11.3 Å². The van der Waals surface area contributed by atoms with E-state index in [1.54, 1.807) is 24.1 Å².